The number of fused-ring (bicyclic) bond motifs is 1. The number of carbonyl (C=O) groups excluding carboxylic acids is 1. The van der Waals surface area contributed by atoms with Gasteiger partial charge in [-0.1, -0.05) is 0 Å². The topological polar surface area (TPSA) is 76.0 Å². The standard InChI is InChI=1S/C11H12O5/c1-5-3-6(4-12)7-8(9(5)15-2)11(14)16-10(7)13/h3,10,12-13H,4H2,1-2H3/t10-/m0/s1. The van der Waals surface area contributed by atoms with Gasteiger partial charge in [-0.25, -0.2) is 4.79 Å². The third-order valence-corrected chi connectivity index (χ3v) is 2.64. The van der Waals surface area contributed by atoms with E-state index in [1.165, 1.54) is 7.11 Å². The van der Waals surface area contributed by atoms with Gasteiger partial charge in [-0.05, 0) is 24.1 Å². The van der Waals surface area contributed by atoms with Gasteiger partial charge in [-0.15, -0.1) is 0 Å². The molecular formula is C11H12O5. The van der Waals surface area contributed by atoms with E-state index in [1.807, 2.05) is 0 Å². The Hall–Kier alpha value is -1.59. The van der Waals surface area contributed by atoms with Crippen LogP contribution in [0, 0.1) is 6.92 Å². The fourth-order valence-electron chi connectivity index (χ4n) is 1.98. The van der Waals surface area contributed by atoms with Gasteiger partial charge in [0.2, 0.25) is 6.29 Å². The number of aliphatic hydroxyl groups excluding tert-OH is 2. The largest absolute Gasteiger partial charge is 0.496 e. The van der Waals surface area contributed by atoms with Crippen LogP contribution < -0.4 is 4.74 Å². The first-order valence-electron chi connectivity index (χ1n) is 4.80. The first kappa shape index (κ1) is 10.9. The molecule has 1 atom stereocenters. The lowest BCUT2D eigenvalue weighted by Crippen LogP contribution is -2.03. The van der Waals surface area contributed by atoms with E-state index in [1.54, 1.807) is 13.0 Å². The highest BCUT2D eigenvalue weighted by atomic mass is 16.6. The van der Waals surface area contributed by atoms with Gasteiger partial charge >= 0.3 is 5.97 Å². The van der Waals surface area contributed by atoms with Crippen LogP contribution >= 0.6 is 0 Å². The molecule has 1 aromatic rings. The molecule has 2 rings (SSSR count). The molecule has 1 aliphatic heterocycles. The van der Waals surface area contributed by atoms with Gasteiger partial charge in [-0.2, -0.15) is 0 Å². The van der Waals surface area contributed by atoms with E-state index in [0.717, 1.165) is 5.56 Å². The second kappa shape index (κ2) is 3.77. The molecule has 5 heteroatoms. The summed E-state index contributed by atoms with van der Waals surface area (Å²) in [5.41, 5.74) is 1.71. The minimum absolute atomic E-state index is 0.207. The summed E-state index contributed by atoms with van der Waals surface area (Å²) in [4.78, 5) is 11.5. The molecule has 0 aliphatic carbocycles. The van der Waals surface area contributed by atoms with Gasteiger partial charge in [0.25, 0.3) is 0 Å². The van der Waals surface area contributed by atoms with Gasteiger partial charge in [-0.3, -0.25) is 0 Å². The number of cyclic esters (lactones) is 1. The Morgan fingerprint density at radius 1 is 1.56 bits per heavy atom. The van der Waals surface area contributed by atoms with Crippen LogP contribution in [0.4, 0.5) is 0 Å². The fraction of sp³-hybridized carbons (Fsp3) is 0.364. The number of ether oxygens (including phenoxy) is 2. The lowest BCUT2D eigenvalue weighted by Gasteiger charge is -2.12. The number of aryl methyl sites for hydroxylation is 1. The zero-order valence-electron chi connectivity index (χ0n) is 8.98. The third kappa shape index (κ3) is 1.36. The van der Waals surface area contributed by atoms with E-state index < -0.39 is 12.3 Å². The molecule has 0 spiro atoms. The van der Waals surface area contributed by atoms with Gasteiger partial charge < -0.3 is 19.7 Å². The Bertz CT molecular complexity index is 452. The van der Waals surface area contributed by atoms with Crippen molar-refractivity contribution in [3.63, 3.8) is 0 Å². The summed E-state index contributed by atoms with van der Waals surface area (Å²) in [6.07, 6.45) is -1.32. The van der Waals surface area contributed by atoms with Crippen LogP contribution in [0.2, 0.25) is 0 Å². The molecule has 0 fully saturated rings. The number of methoxy groups -OCH3 is 1. The van der Waals surface area contributed by atoms with Crippen LogP contribution in [0.5, 0.6) is 5.75 Å². The molecule has 2 N–H and O–H groups in total. The van der Waals surface area contributed by atoms with Crippen molar-refractivity contribution in [3.05, 3.63) is 28.3 Å². The monoisotopic (exact) mass is 224 g/mol. The number of carbonyl (C=O) groups is 1. The predicted octanol–water partition coefficient (Wildman–Crippen LogP) is 0.657. The first-order valence-corrected chi connectivity index (χ1v) is 4.80. The molecule has 5 nitrogen and oxygen atoms in total. The molecule has 16 heavy (non-hydrogen) atoms. The highest BCUT2D eigenvalue weighted by Crippen LogP contribution is 2.39. The number of hydrogen-bond acceptors (Lipinski definition) is 5. The van der Waals surface area contributed by atoms with Gasteiger partial charge in [0.15, 0.2) is 0 Å². The quantitative estimate of drug-likeness (QED) is 0.721. The minimum atomic E-state index is -1.32. The van der Waals surface area contributed by atoms with Crippen LogP contribution in [0.25, 0.3) is 0 Å². The highest BCUT2D eigenvalue weighted by molar-refractivity contribution is 5.97. The highest BCUT2D eigenvalue weighted by Gasteiger charge is 2.36. The SMILES string of the molecule is COc1c(C)cc(CO)c2c1C(=O)O[C@@H]2O. The summed E-state index contributed by atoms with van der Waals surface area (Å²) >= 11 is 0. The van der Waals surface area contributed by atoms with Crippen molar-refractivity contribution in [1.29, 1.82) is 0 Å². The maximum Gasteiger partial charge on any atom is 0.345 e. The molecule has 0 radical (unpaired) electrons. The van der Waals surface area contributed by atoms with E-state index in [9.17, 15) is 15.0 Å². The van der Waals surface area contributed by atoms with E-state index in [-0.39, 0.29) is 12.2 Å². The molecular weight excluding hydrogens is 212 g/mol. The Kier molecular flexibility index (Phi) is 2.57. The smallest absolute Gasteiger partial charge is 0.345 e. The number of esters is 1. The molecule has 0 saturated carbocycles. The van der Waals surface area contributed by atoms with E-state index in [0.29, 0.717) is 16.9 Å². The van der Waals surface area contributed by atoms with Crippen LogP contribution in [-0.2, 0) is 11.3 Å². The van der Waals surface area contributed by atoms with Crippen molar-refractivity contribution < 1.29 is 24.5 Å². The Morgan fingerprint density at radius 3 is 2.81 bits per heavy atom. The minimum Gasteiger partial charge on any atom is -0.496 e. The van der Waals surface area contributed by atoms with Crippen molar-refractivity contribution in [2.45, 2.75) is 19.8 Å². The lowest BCUT2D eigenvalue weighted by atomic mass is 9.98. The van der Waals surface area contributed by atoms with Crippen LogP contribution in [0.3, 0.4) is 0 Å². The zero-order valence-corrected chi connectivity index (χ0v) is 8.98. The summed E-state index contributed by atoms with van der Waals surface area (Å²) in [6, 6.07) is 1.67. The molecule has 1 aromatic carbocycles. The maximum atomic E-state index is 11.5. The van der Waals surface area contributed by atoms with E-state index in [2.05, 4.69) is 0 Å². The fourth-order valence-corrected chi connectivity index (χ4v) is 1.98. The summed E-state index contributed by atoms with van der Waals surface area (Å²) in [5.74, 6) is -0.244. The van der Waals surface area contributed by atoms with Gasteiger partial charge in [0, 0.05) is 5.56 Å². The number of aliphatic hydroxyl groups is 2. The first-order chi connectivity index (χ1) is 7.60. The predicted molar refractivity (Wildman–Crippen MR) is 54.0 cm³/mol. The average Bonchev–Trinajstić information content (AvgIpc) is 2.54. The van der Waals surface area contributed by atoms with E-state index in [4.69, 9.17) is 9.47 Å². The third-order valence-electron chi connectivity index (χ3n) is 2.64. The maximum absolute atomic E-state index is 11.5. The second-order valence-corrected chi connectivity index (χ2v) is 3.59. The van der Waals surface area contributed by atoms with Crippen molar-refractivity contribution in [2.24, 2.45) is 0 Å². The molecule has 0 aromatic heterocycles. The second-order valence-electron chi connectivity index (χ2n) is 3.59. The van der Waals surface area contributed by atoms with Crippen molar-refractivity contribution in [2.75, 3.05) is 7.11 Å². The summed E-state index contributed by atoms with van der Waals surface area (Å²) < 4.78 is 9.81. The molecule has 1 aliphatic rings. The van der Waals surface area contributed by atoms with Crippen LogP contribution in [0.1, 0.15) is 33.3 Å². The molecule has 0 saturated heterocycles. The molecule has 1 heterocycles. The summed E-state index contributed by atoms with van der Waals surface area (Å²) in [7, 11) is 1.44. The Balaban J connectivity index is 2.75. The van der Waals surface area contributed by atoms with Crippen LogP contribution in [0.15, 0.2) is 6.07 Å². The molecule has 0 bridgehead atoms. The normalized spacial score (nSPS) is 18.2. The van der Waals surface area contributed by atoms with Gasteiger partial charge in [0.1, 0.15) is 11.3 Å². The van der Waals surface area contributed by atoms with Crippen LogP contribution in [-0.4, -0.2) is 23.3 Å². The molecule has 86 valence electrons. The molecule has 0 unspecified atom stereocenters. The Morgan fingerprint density at radius 2 is 2.25 bits per heavy atom. The zero-order chi connectivity index (χ0) is 11.9. The van der Waals surface area contributed by atoms with Gasteiger partial charge in [0.05, 0.1) is 13.7 Å². The van der Waals surface area contributed by atoms with E-state index >= 15 is 0 Å². The summed E-state index contributed by atoms with van der Waals surface area (Å²) in [6.45, 7) is 1.50. The lowest BCUT2D eigenvalue weighted by molar-refractivity contribution is -0.0555. The number of hydrogen-bond donors (Lipinski definition) is 2. The molecule has 0 amide bonds. The van der Waals surface area contributed by atoms with Crippen molar-refractivity contribution in [3.8, 4) is 5.75 Å². The van der Waals surface area contributed by atoms with Crippen molar-refractivity contribution in [1.82, 2.24) is 0 Å². The number of rotatable bonds is 2. The Labute approximate surface area is 92.2 Å². The average molecular weight is 224 g/mol. The number of benzene rings is 1. The van der Waals surface area contributed by atoms with Crippen molar-refractivity contribution >= 4 is 5.97 Å². The summed E-state index contributed by atoms with van der Waals surface area (Å²) in [5, 5.41) is 18.7.